The lowest BCUT2D eigenvalue weighted by atomic mass is 9.82. The summed E-state index contributed by atoms with van der Waals surface area (Å²) in [5.41, 5.74) is 5.97. The van der Waals surface area contributed by atoms with Gasteiger partial charge in [0.1, 0.15) is 0 Å². The van der Waals surface area contributed by atoms with E-state index in [-0.39, 0.29) is 0 Å². The van der Waals surface area contributed by atoms with E-state index in [0.29, 0.717) is 5.41 Å². The molecule has 0 saturated heterocycles. The van der Waals surface area contributed by atoms with Crippen molar-refractivity contribution in [3.05, 3.63) is 25.3 Å². The molecule has 0 radical (unpaired) electrons. The van der Waals surface area contributed by atoms with E-state index in [9.17, 15) is 0 Å². The van der Waals surface area contributed by atoms with Gasteiger partial charge >= 0.3 is 0 Å². The maximum Gasteiger partial charge on any atom is -0.00747 e. The third kappa shape index (κ3) is 23.4. The van der Waals surface area contributed by atoms with E-state index in [1.807, 2.05) is 26.0 Å². The van der Waals surface area contributed by atoms with E-state index in [0.717, 1.165) is 24.8 Å². The molecule has 0 heterocycles. The molecule has 1 nitrogen and oxygen atoms in total. The van der Waals surface area contributed by atoms with Crippen LogP contribution in [0.1, 0.15) is 106 Å². The zero-order chi connectivity index (χ0) is 20.1. The fraction of sp³-hybridized carbons (Fsp3) is 0.833. The van der Waals surface area contributed by atoms with E-state index >= 15 is 0 Å². The number of unbranched alkanes of at least 4 members (excludes halogenated alkanes) is 2. The zero-order valence-corrected chi connectivity index (χ0v) is 18.9. The van der Waals surface area contributed by atoms with Crippen LogP contribution >= 0.6 is 0 Å². The van der Waals surface area contributed by atoms with Crippen molar-refractivity contribution >= 4 is 0 Å². The average Bonchev–Trinajstić information content (AvgIpc) is 3.44. The van der Waals surface area contributed by atoms with Gasteiger partial charge in [0.05, 0.1) is 0 Å². The highest BCUT2D eigenvalue weighted by molar-refractivity contribution is 4.87. The molecule has 0 aliphatic heterocycles. The Balaban J connectivity index is -0.000000300. The first kappa shape index (κ1) is 29.2. The molecule has 25 heavy (non-hydrogen) atoms. The minimum atomic E-state index is 0.662. The summed E-state index contributed by atoms with van der Waals surface area (Å²) in [6, 6.07) is 0. The van der Waals surface area contributed by atoms with Crippen molar-refractivity contribution in [2.45, 2.75) is 106 Å². The van der Waals surface area contributed by atoms with Gasteiger partial charge in [-0.15, -0.1) is 13.2 Å². The van der Waals surface area contributed by atoms with Crippen LogP contribution in [0.2, 0.25) is 0 Å². The third-order valence-corrected chi connectivity index (χ3v) is 4.80. The molecule has 1 saturated carbocycles. The van der Waals surface area contributed by atoms with Gasteiger partial charge in [-0.1, -0.05) is 86.3 Å². The standard InChI is InChI=1S/C11H22.C6H15N.C5H8.C2H6/c1-4-5-6-9-11(2,3)10-7-8-10;1-3-6(2)4-5-7;1-3-5-4-2;1-2/h10H,4-9H2,1-3H3;6H,3-5,7H2,1-2H3;3-4H,1-2,5H2;1-2H3. The van der Waals surface area contributed by atoms with Crippen molar-refractivity contribution < 1.29 is 0 Å². The fourth-order valence-electron chi connectivity index (χ4n) is 2.51. The van der Waals surface area contributed by atoms with E-state index in [2.05, 4.69) is 47.8 Å². The number of allylic oxidation sites excluding steroid dienone is 2. The van der Waals surface area contributed by atoms with Gasteiger partial charge < -0.3 is 5.73 Å². The predicted octanol–water partition coefficient (Wildman–Crippen LogP) is 8.16. The van der Waals surface area contributed by atoms with Gasteiger partial charge in [0.15, 0.2) is 0 Å². The fourth-order valence-corrected chi connectivity index (χ4v) is 2.51. The molecule has 1 heteroatoms. The van der Waals surface area contributed by atoms with E-state index in [1.165, 1.54) is 51.4 Å². The zero-order valence-electron chi connectivity index (χ0n) is 18.9. The Labute approximate surface area is 161 Å². The third-order valence-electron chi connectivity index (χ3n) is 4.80. The molecule has 0 amide bonds. The molecule has 1 aliphatic rings. The lowest BCUT2D eigenvalue weighted by Gasteiger charge is -2.23. The Morgan fingerprint density at radius 2 is 1.60 bits per heavy atom. The smallest absolute Gasteiger partial charge is 0.00747 e. The lowest BCUT2D eigenvalue weighted by molar-refractivity contribution is 0.273. The molecule has 1 aliphatic carbocycles. The van der Waals surface area contributed by atoms with Crippen molar-refractivity contribution in [1.29, 1.82) is 0 Å². The maximum absolute atomic E-state index is 5.30. The largest absolute Gasteiger partial charge is 0.330 e. The van der Waals surface area contributed by atoms with Gasteiger partial charge in [-0.25, -0.2) is 0 Å². The minimum absolute atomic E-state index is 0.662. The topological polar surface area (TPSA) is 26.0 Å². The summed E-state index contributed by atoms with van der Waals surface area (Å²) < 4.78 is 0. The normalized spacial score (nSPS) is 13.8. The van der Waals surface area contributed by atoms with Gasteiger partial charge in [0.25, 0.3) is 0 Å². The predicted molar refractivity (Wildman–Crippen MR) is 120 cm³/mol. The van der Waals surface area contributed by atoms with Gasteiger partial charge in [-0.2, -0.15) is 0 Å². The monoisotopic (exact) mass is 353 g/mol. The molecule has 0 aromatic heterocycles. The second kappa shape index (κ2) is 21.5. The highest BCUT2D eigenvalue weighted by Gasteiger charge is 2.36. The lowest BCUT2D eigenvalue weighted by Crippen LogP contribution is -2.13. The maximum atomic E-state index is 5.30. The molecule has 1 rings (SSSR count). The van der Waals surface area contributed by atoms with Crippen LogP contribution in [-0.4, -0.2) is 6.54 Å². The Hall–Kier alpha value is -0.560. The highest BCUT2D eigenvalue weighted by Crippen LogP contribution is 2.47. The number of rotatable bonds is 10. The Kier molecular flexibility index (Phi) is 25.1. The highest BCUT2D eigenvalue weighted by atomic mass is 14.5. The van der Waals surface area contributed by atoms with Crippen LogP contribution in [0.15, 0.2) is 25.3 Å². The molecular formula is C24H51N. The number of nitrogens with two attached hydrogens (primary N) is 1. The molecule has 0 aromatic carbocycles. The van der Waals surface area contributed by atoms with Crippen LogP contribution in [0.25, 0.3) is 0 Å². The van der Waals surface area contributed by atoms with Gasteiger partial charge in [0, 0.05) is 0 Å². The summed E-state index contributed by atoms with van der Waals surface area (Å²) in [6.45, 7) is 23.4. The second-order valence-corrected chi connectivity index (χ2v) is 7.62. The number of hydrogen-bond acceptors (Lipinski definition) is 1. The SMILES string of the molecule is C=CCC=C.CC.CCC(C)CCN.CCCCCC(C)(C)C1CC1. The van der Waals surface area contributed by atoms with E-state index in [1.54, 1.807) is 0 Å². The van der Waals surface area contributed by atoms with Gasteiger partial charge in [-0.3, -0.25) is 0 Å². The van der Waals surface area contributed by atoms with E-state index in [4.69, 9.17) is 5.73 Å². The summed E-state index contributed by atoms with van der Waals surface area (Å²) in [7, 11) is 0. The molecule has 0 bridgehead atoms. The van der Waals surface area contributed by atoms with Crippen LogP contribution in [0.3, 0.4) is 0 Å². The van der Waals surface area contributed by atoms with Crippen LogP contribution in [0.4, 0.5) is 0 Å². The second-order valence-electron chi connectivity index (χ2n) is 7.62. The van der Waals surface area contributed by atoms with Crippen molar-refractivity contribution in [1.82, 2.24) is 0 Å². The summed E-state index contributed by atoms with van der Waals surface area (Å²) in [5.74, 6) is 1.89. The van der Waals surface area contributed by atoms with Crippen molar-refractivity contribution in [2.24, 2.45) is 23.0 Å². The first-order valence-electron chi connectivity index (χ1n) is 10.8. The first-order valence-corrected chi connectivity index (χ1v) is 10.8. The average molecular weight is 354 g/mol. The van der Waals surface area contributed by atoms with E-state index < -0.39 is 0 Å². The Morgan fingerprint density at radius 3 is 1.84 bits per heavy atom. The van der Waals surface area contributed by atoms with Crippen molar-refractivity contribution in [3.8, 4) is 0 Å². The Morgan fingerprint density at radius 1 is 1.08 bits per heavy atom. The molecule has 0 spiro atoms. The van der Waals surface area contributed by atoms with Crippen LogP contribution in [0, 0.1) is 17.3 Å². The molecule has 1 unspecified atom stereocenters. The Bertz CT molecular complexity index is 257. The summed E-state index contributed by atoms with van der Waals surface area (Å²) >= 11 is 0. The molecule has 1 atom stereocenters. The molecule has 2 N–H and O–H groups in total. The van der Waals surface area contributed by atoms with Crippen molar-refractivity contribution in [2.75, 3.05) is 6.54 Å². The van der Waals surface area contributed by atoms with Gasteiger partial charge in [-0.05, 0) is 55.9 Å². The van der Waals surface area contributed by atoms with Gasteiger partial charge in [0.2, 0.25) is 0 Å². The summed E-state index contributed by atoms with van der Waals surface area (Å²) in [6.07, 6.45) is 15.7. The van der Waals surface area contributed by atoms with Crippen molar-refractivity contribution in [3.63, 3.8) is 0 Å². The number of hydrogen-bond donors (Lipinski definition) is 1. The quantitative estimate of drug-likeness (QED) is 0.311. The molecule has 1 fully saturated rings. The summed E-state index contributed by atoms with van der Waals surface area (Å²) in [5, 5.41) is 0. The first-order chi connectivity index (χ1) is 11.9. The summed E-state index contributed by atoms with van der Waals surface area (Å²) in [4.78, 5) is 0. The molecule has 0 aromatic rings. The molecular weight excluding hydrogens is 302 g/mol. The van der Waals surface area contributed by atoms with Crippen LogP contribution in [-0.2, 0) is 0 Å². The van der Waals surface area contributed by atoms with Crippen LogP contribution in [0.5, 0.6) is 0 Å². The van der Waals surface area contributed by atoms with Crippen LogP contribution < -0.4 is 5.73 Å². The minimum Gasteiger partial charge on any atom is -0.330 e. The molecule has 152 valence electrons.